The number of aliphatic carboxylic acids is 1. The first kappa shape index (κ1) is 18.2. The lowest BCUT2D eigenvalue weighted by molar-refractivity contribution is -0.130. The molecule has 25 heavy (non-hydrogen) atoms. The third kappa shape index (κ3) is 3.85. The Kier molecular flexibility index (Phi) is 5.54. The summed E-state index contributed by atoms with van der Waals surface area (Å²) in [6, 6.07) is 8.37. The van der Waals surface area contributed by atoms with E-state index in [1.807, 2.05) is 13.0 Å². The van der Waals surface area contributed by atoms with Crippen LogP contribution in [0.25, 0.3) is 11.6 Å². The molecule has 2 aromatic rings. The van der Waals surface area contributed by atoms with Gasteiger partial charge in [0, 0.05) is 5.56 Å². The Morgan fingerprint density at radius 1 is 0.960 bits per heavy atom. The van der Waals surface area contributed by atoms with Crippen LogP contribution in [0.15, 0.2) is 30.3 Å². The van der Waals surface area contributed by atoms with E-state index in [4.69, 9.17) is 14.2 Å². The summed E-state index contributed by atoms with van der Waals surface area (Å²) in [5, 5.41) is 19.7. The Morgan fingerprint density at radius 2 is 1.52 bits per heavy atom. The number of aromatic hydroxyl groups is 1. The molecule has 0 heterocycles. The summed E-state index contributed by atoms with van der Waals surface area (Å²) in [6.45, 7) is 1.87. The van der Waals surface area contributed by atoms with E-state index in [1.165, 1.54) is 39.5 Å². The molecule has 2 aromatic carbocycles. The van der Waals surface area contributed by atoms with Crippen LogP contribution in [0, 0.1) is 6.92 Å². The van der Waals surface area contributed by atoms with Crippen LogP contribution < -0.4 is 14.2 Å². The number of benzene rings is 2. The maximum atomic E-state index is 11.8. The third-order valence-corrected chi connectivity index (χ3v) is 3.69. The Morgan fingerprint density at radius 3 is 2.00 bits per heavy atom. The molecule has 0 unspecified atom stereocenters. The van der Waals surface area contributed by atoms with E-state index in [0.717, 1.165) is 5.56 Å². The van der Waals surface area contributed by atoms with E-state index in [2.05, 4.69) is 0 Å². The second-order valence-corrected chi connectivity index (χ2v) is 5.34. The number of phenolic OH excluding ortho intramolecular Hbond substituents is 1. The molecule has 6 nitrogen and oxygen atoms in total. The number of carbonyl (C=O) groups is 1. The zero-order chi connectivity index (χ0) is 18.6. The van der Waals surface area contributed by atoms with Gasteiger partial charge >= 0.3 is 5.97 Å². The number of hydrogen-bond acceptors (Lipinski definition) is 5. The van der Waals surface area contributed by atoms with Gasteiger partial charge in [-0.2, -0.15) is 0 Å². The monoisotopic (exact) mass is 344 g/mol. The average Bonchev–Trinajstić information content (AvgIpc) is 2.60. The van der Waals surface area contributed by atoms with Crippen LogP contribution in [0.3, 0.4) is 0 Å². The molecule has 0 aliphatic rings. The molecule has 0 aliphatic carbocycles. The molecule has 6 heteroatoms. The number of hydrogen-bond donors (Lipinski definition) is 2. The zero-order valence-electron chi connectivity index (χ0n) is 14.5. The fourth-order valence-corrected chi connectivity index (χ4v) is 2.45. The van der Waals surface area contributed by atoms with Gasteiger partial charge < -0.3 is 24.4 Å². The predicted octanol–water partition coefficient (Wildman–Crippen LogP) is 3.35. The quantitative estimate of drug-likeness (QED) is 0.617. The topological polar surface area (TPSA) is 85.2 Å². The summed E-state index contributed by atoms with van der Waals surface area (Å²) in [7, 11) is 4.30. The number of carboxylic acids is 1. The highest BCUT2D eigenvalue weighted by molar-refractivity contribution is 6.21. The van der Waals surface area contributed by atoms with Crippen molar-refractivity contribution in [1.29, 1.82) is 0 Å². The van der Waals surface area contributed by atoms with E-state index in [0.29, 0.717) is 16.9 Å². The normalized spacial score (nSPS) is 11.1. The van der Waals surface area contributed by atoms with Gasteiger partial charge in [0.05, 0.1) is 26.9 Å². The molecule has 132 valence electrons. The zero-order valence-corrected chi connectivity index (χ0v) is 14.5. The largest absolute Gasteiger partial charge is 0.502 e. The minimum atomic E-state index is -1.10. The molecule has 0 saturated heterocycles. The summed E-state index contributed by atoms with van der Waals surface area (Å²) in [4.78, 5) is 11.8. The first-order chi connectivity index (χ1) is 11.9. The number of methoxy groups -OCH3 is 3. The van der Waals surface area contributed by atoms with Gasteiger partial charge in [-0.05, 0) is 42.8 Å². The first-order valence-corrected chi connectivity index (χ1v) is 7.46. The maximum absolute atomic E-state index is 11.8. The predicted molar refractivity (Wildman–Crippen MR) is 94.4 cm³/mol. The smallest absolute Gasteiger partial charge is 0.336 e. The van der Waals surface area contributed by atoms with E-state index < -0.39 is 5.97 Å². The Bertz CT molecular complexity index is 798. The molecular weight excluding hydrogens is 324 g/mol. The SMILES string of the molecule is COc1ccc(C)cc1/C(=C/c1cc(OC)c(O)c(OC)c1)C(=O)O. The van der Waals surface area contributed by atoms with Crippen LogP contribution >= 0.6 is 0 Å². The van der Waals surface area contributed by atoms with E-state index in [1.54, 1.807) is 12.1 Å². The van der Waals surface area contributed by atoms with Crippen molar-refractivity contribution in [2.75, 3.05) is 21.3 Å². The molecule has 0 fully saturated rings. The molecule has 0 spiro atoms. The number of ether oxygens (including phenoxy) is 3. The van der Waals surface area contributed by atoms with Gasteiger partial charge in [-0.3, -0.25) is 0 Å². The Hall–Kier alpha value is -3.15. The summed E-state index contributed by atoms with van der Waals surface area (Å²) in [5.41, 5.74) is 1.92. The van der Waals surface area contributed by atoms with Gasteiger partial charge in [0.1, 0.15) is 5.75 Å². The van der Waals surface area contributed by atoms with Crippen molar-refractivity contribution in [2.45, 2.75) is 6.92 Å². The molecule has 2 rings (SSSR count). The van der Waals surface area contributed by atoms with Crippen LogP contribution in [0.4, 0.5) is 0 Å². The van der Waals surface area contributed by atoms with Gasteiger partial charge in [0.15, 0.2) is 11.5 Å². The molecule has 0 saturated carbocycles. The Balaban J connectivity index is 2.67. The number of aryl methyl sites for hydroxylation is 1. The molecule has 0 aliphatic heterocycles. The van der Waals surface area contributed by atoms with E-state index >= 15 is 0 Å². The summed E-state index contributed by atoms with van der Waals surface area (Å²) >= 11 is 0. The van der Waals surface area contributed by atoms with Gasteiger partial charge in [0.2, 0.25) is 5.75 Å². The van der Waals surface area contributed by atoms with Crippen LogP contribution in [0.5, 0.6) is 23.0 Å². The second kappa shape index (κ2) is 7.61. The van der Waals surface area contributed by atoms with Crippen LogP contribution in [0.1, 0.15) is 16.7 Å². The fourth-order valence-electron chi connectivity index (χ4n) is 2.45. The number of rotatable bonds is 6. The molecule has 0 radical (unpaired) electrons. The van der Waals surface area contributed by atoms with Crippen LogP contribution in [-0.2, 0) is 4.79 Å². The van der Waals surface area contributed by atoms with Crippen molar-refractivity contribution in [3.05, 3.63) is 47.0 Å². The molecule has 0 bridgehead atoms. The highest BCUT2D eigenvalue weighted by Gasteiger charge is 2.17. The second-order valence-electron chi connectivity index (χ2n) is 5.34. The lowest BCUT2D eigenvalue weighted by Gasteiger charge is -2.12. The van der Waals surface area contributed by atoms with Crippen molar-refractivity contribution in [3.63, 3.8) is 0 Å². The van der Waals surface area contributed by atoms with E-state index in [9.17, 15) is 15.0 Å². The lowest BCUT2D eigenvalue weighted by Crippen LogP contribution is -2.02. The van der Waals surface area contributed by atoms with Crippen LogP contribution in [0.2, 0.25) is 0 Å². The molecular formula is C19H20O6. The fraction of sp³-hybridized carbons (Fsp3) is 0.211. The molecule has 2 N–H and O–H groups in total. The standard InChI is InChI=1S/C19H20O6/c1-11-5-6-15(23-2)13(7-11)14(19(21)22)8-12-9-16(24-3)18(20)17(10-12)25-4/h5-10,20H,1-4H3,(H,21,22)/b14-8-. The highest BCUT2D eigenvalue weighted by Crippen LogP contribution is 2.38. The highest BCUT2D eigenvalue weighted by atomic mass is 16.5. The van der Waals surface area contributed by atoms with Crippen LogP contribution in [-0.4, -0.2) is 37.5 Å². The van der Waals surface area contributed by atoms with Crippen molar-refractivity contribution < 1.29 is 29.2 Å². The maximum Gasteiger partial charge on any atom is 0.336 e. The first-order valence-electron chi connectivity index (χ1n) is 7.46. The van der Waals surface area contributed by atoms with Crippen molar-refractivity contribution in [2.24, 2.45) is 0 Å². The van der Waals surface area contributed by atoms with E-state index in [-0.39, 0.29) is 22.8 Å². The van der Waals surface area contributed by atoms with Crippen molar-refractivity contribution in [1.82, 2.24) is 0 Å². The van der Waals surface area contributed by atoms with Gasteiger partial charge in [0.25, 0.3) is 0 Å². The minimum absolute atomic E-state index is 0.0512. The molecule has 0 aromatic heterocycles. The number of phenols is 1. The summed E-state index contributed by atoms with van der Waals surface area (Å²) in [6.07, 6.45) is 1.48. The summed E-state index contributed by atoms with van der Waals surface area (Å²) in [5.74, 6) is -0.419. The van der Waals surface area contributed by atoms with Crippen molar-refractivity contribution in [3.8, 4) is 23.0 Å². The lowest BCUT2D eigenvalue weighted by atomic mass is 9.99. The van der Waals surface area contributed by atoms with Gasteiger partial charge in [-0.25, -0.2) is 4.79 Å². The summed E-state index contributed by atoms with van der Waals surface area (Å²) < 4.78 is 15.5. The molecule has 0 atom stereocenters. The third-order valence-electron chi connectivity index (χ3n) is 3.69. The Labute approximate surface area is 145 Å². The van der Waals surface area contributed by atoms with Crippen molar-refractivity contribution >= 4 is 17.6 Å². The van der Waals surface area contributed by atoms with Gasteiger partial charge in [-0.1, -0.05) is 11.6 Å². The number of carboxylic acid groups (broad SMARTS) is 1. The van der Waals surface area contributed by atoms with Gasteiger partial charge in [-0.15, -0.1) is 0 Å². The average molecular weight is 344 g/mol. The minimum Gasteiger partial charge on any atom is -0.502 e. The molecule has 0 amide bonds.